The van der Waals surface area contributed by atoms with Crippen LogP contribution in [0.1, 0.15) is 12.5 Å². The summed E-state index contributed by atoms with van der Waals surface area (Å²) < 4.78 is 12.6. The van der Waals surface area contributed by atoms with Gasteiger partial charge in [0.25, 0.3) is 0 Å². The Kier molecular flexibility index (Phi) is 4.24. The smallest absolute Gasteiger partial charge is 0.221 e. The average Bonchev–Trinajstić information content (AvgIpc) is 2.20. The van der Waals surface area contributed by atoms with Gasteiger partial charge in [-0.2, -0.15) is 0 Å². The molecule has 0 aromatic heterocycles. The average molecular weight is 210 g/mol. The number of nitrogens with two attached hydrogens (primary N) is 1. The lowest BCUT2D eigenvalue weighted by Crippen LogP contribution is -2.30. The summed E-state index contributed by atoms with van der Waals surface area (Å²) >= 11 is 0. The lowest BCUT2D eigenvalue weighted by molar-refractivity contribution is -0.121. The largest absolute Gasteiger partial charge is 0.369 e. The van der Waals surface area contributed by atoms with Crippen LogP contribution in [0, 0.1) is 11.7 Å². The number of hydrogen-bond acceptors (Lipinski definition) is 2. The summed E-state index contributed by atoms with van der Waals surface area (Å²) in [5, 5.41) is 3.08. The van der Waals surface area contributed by atoms with E-state index < -0.39 is 0 Å². The van der Waals surface area contributed by atoms with Crippen LogP contribution in [-0.2, 0) is 11.3 Å². The lowest BCUT2D eigenvalue weighted by atomic mass is 10.1. The van der Waals surface area contributed by atoms with Crippen LogP contribution in [0.15, 0.2) is 24.3 Å². The molecule has 0 aliphatic heterocycles. The Bertz CT molecular complexity index is 324. The van der Waals surface area contributed by atoms with Gasteiger partial charge in [0.1, 0.15) is 5.82 Å². The molecule has 82 valence electrons. The summed E-state index contributed by atoms with van der Waals surface area (Å²) in [4.78, 5) is 10.7. The molecule has 0 radical (unpaired) electrons. The van der Waals surface area contributed by atoms with Gasteiger partial charge in [-0.05, 0) is 17.7 Å². The van der Waals surface area contributed by atoms with E-state index in [1.54, 1.807) is 19.1 Å². The number of carbonyl (C=O) groups is 1. The van der Waals surface area contributed by atoms with Gasteiger partial charge < -0.3 is 11.1 Å². The third kappa shape index (κ3) is 4.08. The Morgan fingerprint density at radius 3 is 2.60 bits per heavy atom. The van der Waals surface area contributed by atoms with Gasteiger partial charge in [0, 0.05) is 19.0 Å². The van der Waals surface area contributed by atoms with Crippen molar-refractivity contribution in [3.8, 4) is 0 Å². The molecule has 0 heterocycles. The van der Waals surface area contributed by atoms with E-state index in [9.17, 15) is 9.18 Å². The summed E-state index contributed by atoms with van der Waals surface area (Å²) in [7, 11) is 0. The monoisotopic (exact) mass is 210 g/mol. The second-order valence-electron chi connectivity index (χ2n) is 3.56. The summed E-state index contributed by atoms with van der Waals surface area (Å²) in [6, 6.07) is 6.23. The zero-order valence-corrected chi connectivity index (χ0v) is 8.66. The van der Waals surface area contributed by atoms with Crippen molar-refractivity contribution in [1.29, 1.82) is 0 Å². The van der Waals surface area contributed by atoms with E-state index >= 15 is 0 Å². The summed E-state index contributed by atoms with van der Waals surface area (Å²) in [6.07, 6.45) is 0. The molecule has 4 heteroatoms. The van der Waals surface area contributed by atoms with Crippen molar-refractivity contribution < 1.29 is 9.18 Å². The van der Waals surface area contributed by atoms with Crippen LogP contribution in [-0.4, -0.2) is 12.5 Å². The second-order valence-corrected chi connectivity index (χ2v) is 3.56. The van der Waals surface area contributed by atoms with Gasteiger partial charge in [0.05, 0.1) is 0 Å². The van der Waals surface area contributed by atoms with Crippen molar-refractivity contribution >= 4 is 5.91 Å². The van der Waals surface area contributed by atoms with Gasteiger partial charge in [-0.15, -0.1) is 0 Å². The number of rotatable bonds is 5. The minimum Gasteiger partial charge on any atom is -0.369 e. The maximum atomic E-state index is 12.6. The maximum absolute atomic E-state index is 12.6. The maximum Gasteiger partial charge on any atom is 0.221 e. The molecule has 0 spiro atoms. The molecule has 3 N–H and O–H groups in total. The van der Waals surface area contributed by atoms with Crippen LogP contribution in [0.4, 0.5) is 4.39 Å². The van der Waals surface area contributed by atoms with Crippen LogP contribution < -0.4 is 11.1 Å². The Morgan fingerprint density at radius 2 is 2.07 bits per heavy atom. The van der Waals surface area contributed by atoms with E-state index in [1.165, 1.54) is 12.1 Å². The number of hydrogen-bond donors (Lipinski definition) is 2. The third-order valence-electron chi connectivity index (χ3n) is 2.18. The molecule has 0 saturated heterocycles. The minimum atomic E-state index is -0.318. The highest BCUT2D eigenvalue weighted by Gasteiger charge is 2.06. The summed E-state index contributed by atoms with van der Waals surface area (Å²) in [5.74, 6) is -0.753. The van der Waals surface area contributed by atoms with Gasteiger partial charge in [0.2, 0.25) is 5.91 Å². The van der Waals surface area contributed by atoms with Crippen molar-refractivity contribution in [2.75, 3.05) is 6.54 Å². The minimum absolute atomic E-state index is 0.189. The molecule has 1 unspecified atom stereocenters. The predicted molar refractivity (Wildman–Crippen MR) is 56.5 cm³/mol. The van der Waals surface area contributed by atoms with Crippen molar-refractivity contribution in [1.82, 2.24) is 5.32 Å². The van der Waals surface area contributed by atoms with Crippen molar-refractivity contribution in [2.24, 2.45) is 11.7 Å². The molecule has 1 aromatic rings. The number of halogens is 1. The molecule has 0 bridgehead atoms. The number of carbonyl (C=O) groups excluding carboxylic acids is 1. The molecule has 1 atom stereocenters. The Labute approximate surface area is 88.5 Å². The van der Waals surface area contributed by atoms with Crippen molar-refractivity contribution in [3.05, 3.63) is 35.6 Å². The topological polar surface area (TPSA) is 55.1 Å². The second kappa shape index (κ2) is 5.46. The first-order valence-electron chi connectivity index (χ1n) is 4.84. The normalized spacial score (nSPS) is 12.4. The molecule has 0 saturated carbocycles. The highest BCUT2D eigenvalue weighted by molar-refractivity contribution is 5.76. The molecule has 3 nitrogen and oxygen atoms in total. The van der Waals surface area contributed by atoms with E-state index in [-0.39, 0.29) is 17.6 Å². The summed E-state index contributed by atoms with van der Waals surface area (Å²) in [6.45, 7) is 2.91. The SMILES string of the molecule is CC(CNCc1ccc(F)cc1)C(N)=O. The fraction of sp³-hybridized carbons (Fsp3) is 0.364. The van der Waals surface area contributed by atoms with Crippen LogP contribution >= 0.6 is 0 Å². The van der Waals surface area contributed by atoms with Crippen LogP contribution in [0.5, 0.6) is 0 Å². The Balaban J connectivity index is 2.32. The number of benzene rings is 1. The highest BCUT2D eigenvalue weighted by atomic mass is 19.1. The van der Waals surface area contributed by atoms with Gasteiger partial charge >= 0.3 is 0 Å². The lowest BCUT2D eigenvalue weighted by Gasteiger charge is -2.08. The van der Waals surface area contributed by atoms with E-state index in [0.717, 1.165) is 5.56 Å². The number of nitrogens with one attached hydrogen (secondary N) is 1. The van der Waals surface area contributed by atoms with Crippen molar-refractivity contribution in [3.63, 3.8) is 0 Å². The third-order valence-corrected chi connectivity index (χ3v) is 2.18. The van der Waals surface area contributed by atoms with Gasteiger partial charge in [-0.25, -0.2) is 4.39 Å². The molecule has 0 aliphatic carbocycles. The van der Waals surface area contributed by atoms with Gasteiger partial charge in [0.15, 0.2) is 0 Å². The number of primary amides is 1. The first-order valence-corrected chi connectivity index (χ1v) is 4.84. The molecule has 1 aromatic carbocycles. The highest BCUT2D eigenvalue weighted by Crippen LogP contribution is 2.02. The van der Waals surface area contributed by atoms with Crippen LogP contribution in [0.3, 0.4) is 0 Å². The van der Waals surface area contributed by atoms with E-state index in [0.29, 0.717) is 13.1 Å². The molecule has 0 aliphatic rings. The zero-order chi connectivity index (χ0) is 11.3. The first-order chi connectivity index (χ1) is 7.09. The predicted octanol–water partition coefficient (Wildman–Crippen LogP) is 1.04. The van der Waals surface area contributed by atoms with Gasteiger partial charge in [-0.3, -0.25) is 4.79 Å². The summed E-state index contributed by atoms with van der Waals surface area (Å²) in [5.41, 5.74) is 6.09. The molecule has 1 rings (SSSR count). The fourth-order valence-corrected chi connectivity index (χ4v) is 1.14. The van der Waals surface area contributed by atoms with E-state index in [1.807, 2.05) is 0 Å². The van der Waals surface area contributed by atoms with Crippen molar-refractivity contribution in [2.45, 2.75) is 13.5 Å². The van der Waals surface area contributed by atoms with E-state index in [2.05, 4.69) is 5.32 Å². The van der Waals surface area contributed by atoms with E-state index in [4.69, 9.17) is 5.73 Å². The molecular weight excluding hydrogens is 195 g/mol. The first kappa shape index (κ1) is 11.7. The quantitative estimate of drug-likeness (QED) is 0.762. The Hall–Kier alpha value is -1.42. The van der Waals surface area contributed by atoms with Crippen LogP contribution in [0.25, 0.3) is 0 Å². The molecule has 15 heavy (non-hydrogen) atoms. The molecule has 1 amide bonds. The van der Waals surface area contributed by atoms with Gasteiger partial charge in [-0.1, -0.05) is 19.1 Å². The molecular formula is C11H15FN2O. The van der Waals surface area contributed by atoms with Crippen LogP contribution in [0.2, 0.25) is 0 Å². The zero-order valence-electron chi connectivity index (χ0n) is 8.66. The fourth-order valence-electron chi connectivity index (χ4n) is 1.14. The molecule has 0 fully saturated rings. The standard InChI is InChI=1S/C11H15FN2O/c1-8(11(13)15)6-14-7-9-2-4-10(12)5-3-9/h2-5,8,14H,6-7H2,1H3,(H2,13,15). The Morgan fingerprint density at radius 1 is 1.47 bits per heavy atom. The number of amides is 1.